The lowest BCUT2D eigenvalue weighted by atomic mass is 10.2. The Labute approximate surface area is 159 Å². The molecular weight excluding hydrogens is 346 g/mol. The number of esters is 1. The average molecular weight is 371 g/mol. The summed E-state index contributed by atoms with van der Waals surface area (Å²) in [5, 5.41) is 2.73. The summed E-state index contributed by atoms with van der Waals surface area (Å²) in [7, 11) is 1.52. The smallest absolute Gasteiger partial charge is 0.348 e. The summed E-state index contributed by atoms with van der Waals surface area (Å²) in [4.78, 5) is 24.8. The Kier molecular flexibility index (Phi) is 7.23. The maximum absolute atomic E-state index is 12.4. The van der Waals surface area contributed by atoms with E-state index in [-0.39, 0.29) is 0 Å². The third-order valence-corrected chi connectivity index (χ3v) is 3.93. The number of amides is 1. The van der Waals surface area contributed by atoms with Crippen LogP contribution in [0.25, 0.3) is 0 Å². The number of aryl methyl sites for hydroxylation is 1. The van der Waals surface area contributed by atoms with Gasteiger partial charge in [0, 0.05) is 0 Å². The molecule has 0 spiro atoms. The Balaban J connectivity index is 1.98. The van der Waals surface area contributed by atoms with Crippen LogP contribution < -0.4 is 14.8 Å². The first-order chi connectivity index (χ1) is 12.9. The fourth-order valence-electron chi connectivity index (χ4n) is 2.42. The van der Waals surface area contributed by atoms with Gasteiger partial charge in [0.15, 0.2) is 12.2 Å². The number of benzene rings is 2. The summed E-state index contributed by atoms with van der Waals surface area (Å²) in [6, 6.07) is 14.5. The Morgan fingerprint density at radius 1 is 1.11 bits per heavy atom. The Bertz CT molecular complexity index is 775. The van der Waals surface area contributed by atoms with E-state index in [9.17, 15) is 9.59 Å². The number of hydrogen-bond acceptors (Lipinski definition) is 5. The summed E-state index contributed by atoms with van der Waals surface area (Å²) in [6.07, 6.45) is -1.33. The van der Waals surface area contributed by atoms with Crippen LogP contribution in [0.5, 0.6) is 11.5 Å². The standard InChI is InChI=1S/C21H25NO5/c1-5-18(27-16-9-7-6-8-10-16)21(24)26-15(3)20(23)22-17-13-14(2)11-12-19(17)25-4/h6-13,15,18H,5H2,1-4H3,(H,22,23)/t15-,18+/m0/s1. The molecule has 0 aliphatic rings. The van der Waals surface area contributed by atoms with E-state index >= 15 is 0 Å². The number of rotatable bonds is 8. The predicted molar refractivity (Wildman–Crippen MR) is 103 cm³/mol. The van der Waals surface area contributed by atoms with Crippen LogP contribution in [-0.4, -0.2) is 31.2 Å². The molecule has 0 aliphatic heterocycles. The van der Waals surface area contributed by atoms with Crippen molar-refractivity contribution >= 4 is 17.6 Å². The molecule has 0 fully saturated rings. The highest BCUT2D eigenvalue weighted by Crippen LogP contribution is 2.25. The van der Waals surface area contributed by atoms with Crippen LogP contribution in [0.3, 0.4) is 0 Å². The molecule has 0 saturated carbocycles. The van der Waals surface area contributed by atoms with Crippen LogP contribution in [-0.2, 0) is 14.3 Å². The molecule has 0 heterocycles. The van der Waals surface area contributed by atoms with E-state index in [2.05, 4.69) is 5.32 Å². The third-order valence-electron chi connectivity index (χ3n) is 3.93. The maximum atomic E-state index is 12.4. The Morgan fingerprint density at radius 2 is 1.81 bits per heavy atom. The summed E-state index contributed by atoms with van der Waals surface area (Å²) in [5.41, 5.74) is 1.50. The van der Waals surface area contributed by atoms with E-state index in [0.717, 1.165) is 5.56 Å². The molecular formula is C21H25NO5. The second kappa shape index (κ2) is 9.62. The molecule has 0 aromatic heterocycles. The SMILES string of the molecule is CC[C@@H](Oc1ccccc1)C(=O)O[C@@H](C)C(=O)Nc1cc(C)ccc1OC. The zero-order valence-corrected chi connectivity index (χ0v) is 16.0. The van der Waals surface area contributed by atoms with E-state index in [1.54, 1.807) is 24.3 Å². The highest BCUT2D eigenvalue weighted by Gasteiger charge is 2.25. The molecule has 0 unspecified atom stereocenters. The molecule has 1 N–H and O–H groups in total. The zero-order valence-electron chi connectivity index (χ0n) is 16.0. The number of carbonyl (C=O) groups excluding carboxylic acids is 2. The van der Waals surface area contributed by atoms with Gasteiger partial charge in [-0.3, -0.25) is 4.79 Å². The summed E-state index contributed by atoms with van der Waals surface area (Å²) in [6.45, 7) is 5.24. The van der Waals surface area contributed by atoms with E-state index in [1.807, 2.05) is 38.1 Å². The molecule has 2 rings (SSSR count). The van der Waals surface area contributed by atoms with Crippen molar-refractivity contribution in [1.29, 1.82) is 0 Å². The van der Waals surface area contributed by atoms with Crippen LogP contribution in [0, 0.1) is 6.92 Å². The first-order valence-electron chi connectivity index (χ1n) is 8.82. The summed E-state index contributed by atoms with van der Waals surface area (Å²) < 4.78 is 16.2. The fraction of sp³-hybridized carbons (Fsp3) is 0.333. The number of para-hydroxylation sites is 1. The Hall–Kier alpha value is -3.02. The van der Waals surface area contributed by atoms with Crippen LogP contribution in [0.1, 0.15) is 25.8 Å². The number of ether oxygens (including phenoxy) is 3. The molecule has 0 radical (unpaired) electrons. The van der Waals surface area contributed by atoms with Gasteiger partial charge in [0.05, 0.1) is 12.8 Å². The van der Waals surface area contributed by atoms with Crippen LogP contribution >= 0.6 is 0 Å². The van der Waals surface area contributed by atoms with Gasteiger partial charge in [0.1, 0.15) is 11.5 Å². The van der Waals surface area contributed by atoms with Crippen molar-refractivity contribution in [3.05, 3.63) is 54.1 Å². The molecule has 0 aliphatic carbocycles. The zero-order chi connectivity index (χ0) is 19.8. The van der Waals surface area contributed by atoms with Gasteiger partial charge < -0.3 is 19.5 Å². The first kappa shape index (κ1) is 20.3. The second-order valence-corrected chi connectivity index (χ2v) is 6.10. The van der Waals surface area contributed by atoms with Crippen molar-refractivity contribution in [1.82, 2.24) is 0 Å². The quantitative estimate of drug-likeness (QED) is 0.716. The molecule has 1 amide bonds. The molecule has 2 aromatic carbocycles. The molecule has 27 heavy (non-hydrogen) atoms. The van der Waals surface area contributed by atoms with Crippen LogP contribution in [0.15, 0.2) is 48.5 Å². The van der Waals surface area contributed by atoms with E-state index < -0.39 is 24.1 Å². The number of anilines is 1. The molecule has 6 nitrogen and oxygen atoms in total. The van der Waals surface area contributed by atoms with Crippen molar-refractivity contribution in [2.24, 2.45) is 0 Å². The largest absolute Gasteiger partial charge is 0.495 e. The van der Waals surface area contributed by atoms with Crippen molar-refractivity contribution in [3.63, 3.8) is 0 Å². The highest BCUT2D eigenvalue weighted by atomic mass is 16.6. The lowest BCUT2D eigenvalue weighted by Gasteiger charge is -2.20. The normalized spacial score (nSPS) is 12.6. The Morgan fingerprint density at radius 3 is 2.44 bits per heavy atom. The topological polar surface area (TPSA) is 73.9 Å². The van der Waals surface area contributed by atoms with Crippen LogP contribution in [0.4, 0.5) is 5.69 Å². The van der Waals surface area contributed by atoms with E-state index in [0.29, 0.717) is 23.6 Å². The minimum absolute atomic E-state index is 0.424. The molecule has 144 valence electrons. The molecule has 2 atom stereocenters. The number of methoxy groups -OCH3 is 1. The third kappa shape index (κ3) is 5.74. The average Bonchev–Trinajstić information content (AvgIpc) is 2.66. The molecule has 6 heteroatoms. The van der Waals surface area contributed by atoms with Crippen LogP contribution in [0.2, 0.25) is 0 Å². The first-order valence-corrected chi connectivity index (χ1v) is 8.82. The summed E-state index contributed by atoms with van der Waals surface area (Å²) in [5.74, 6) is 0.0799. The monoisotopic (exact) mass is 371 g/mol. The van der Waals surface area contributed by atoms with Gasteiger partial charge in [-0.1, -0.05) is 31.2 Å². The fourth-order valence-corrected chi connectivity index (χ4v) is 2.42. The lowest BCUT2D eigenvalue weighted by Crippen LogP contribution is -2.36. The van der Waals surface area contributed by atoms with Gasteiger partial charge in [0.2, 0.25) is 0 Å². The molecule has 0 bridgehead atoms. The highest BCUT2D eigenvalue weighted by molar-refractivity contribution is 5.96. The molecule has 0 saturated heterocycles. The predicted octanol–water partition coefficient (Wildman–Crippen LogP) is 3.73. The van der Waals surface area contributed by atoms with Gasteiger partial charge in [-0.2, -0.15) is 0 Å². The number of carbonyl (C=O) groups is 2. The number of nitrogens with one attached hydrogen (secondary N) is 1. The van der Waals surface area contributed by atoms with Gasteiger partial charge in [-0.25, -0.2) is 4.79 Å². The van der Waals surface area contributed by atoms with Gasteiger partial charge in [-0.15, -0.1) is 0 Å². The van der Waals surface area contributed by atoms with Crippen molar-refractivity contribution in [2.75, 3.05) is 12.4 Å². The lowest BCUT2D eigenvalue weighted by molar-refractivity contribution is -0.160. The number of hydrogen-bond donors (Lipinski definition) is 1. The van der Waals surface area contributed by atoms with E-state index in [1.165, 1.54) is 14.0 Å². The minimum Gasteiger partial charge on any atom is -0.495 e. The van der Waals surface area contributed by atoms with Gasteiger partial charge in [0.25, 0.3) is 5.91 Å². The van der Waals surface area contributed by atoms with Crippen molar-refractivity contribution in [3.8, 4) is 11.5 Å². The molecule has 2 aromatic rings. The van der Waals surface area contributed by atoms with Gasteiger partial charge >= 0.3 is 5.97 Å². The summed E-state index contributed by atoms with van der Waals surface area (Å²) >= 11 is 0. The minimum atomic E-state index is -0.976. The van der Waals surface area contributed by atoms with Crippen molar-refractivity contribution in [2.45, 2.75) is 39.4 Å². The maximum Gasteiger partial charge on any atom is 0.348 e. The van der Waals surface area contributed by atoms with Crippen molar-refractivity contribution < 1.29 is 23.8 Å². The van der Waals surface area contributed by atoms with Gasteiger partial charge in [-0.05, 0) is 50.1 Å². The second-order valence-electron chi connectivity index (χ2n) is 6.10. The van der Waals surface area contributed by atoms with E-state index in [4.69, 9.17) is 14.2 Å².